The summed E-state index contributed by atoms with van der Waals surface area (Å²) in [7, 11) is -4.00. The van der Waals surface area contributed by atoms with E-state index in [0.717, 1.165) is 0 Å². The van der Waals surface area contributed by atoms with E-state index in [2.05, 4.69) is 0 Å². The normalized spacial score (nSPS) is 21.3. The molecule has 0 atom stereocenters. The zero-order valence-electron chi connectivity index (χ0n) is 9.57. The zero-order valence-corrected chi connectivity index (χ0v) is 11.9. The summed E-state index contributed by atoms with van der Waals surface area (Å²) in [5, 5.41) is 10.5. The van der Waals surface area contributed by atoms with Crippen LogP contribution >= 0.6 is 23.2 Å². The third-order valence-corrected chi connectivity index (χ3v) is 4.84. The van der Waals surface area contributed by atoms with Gasteiger partial charge in [-0.3, -0.25) is 4.18 Å². The minimum atomic E-state index is -4.00. The summed E-state index contributed by atoms with van der Waals surface area (Å²) >= 11 is 11.6. The minimum absolute atomic E-state index is 0.203. The molecule has 0 aliphatic carbocycles. The standard InChI is InChI=1S/C11H10Cl2O4S/c1-11(2)10(14)9(18(15,16)17-11)6-3-4-7(12)8(13)5-6/h3-5,14H,1-2H3. The van der Waals surface area contributed by atoms with E-state index in [9.17, 15) is 13.5 Å². The highest BCUT2D eigenvalue weighted by Crippen LogP contribution is 2.42. The number of hydrogen-bond donors (Lipinski definition) is 1. The predicted molar refractivity (Wildman–Crippen MR) is 70.1 cm³/mol. The molecule has 1 heterocycles. The fraction of sp³-hybridized carbons (Fsp3) is 0.273. The molecule has 1 aromatic carbocycles. The average Bonchev–Trinajstić information content (AvgIpc) is 2.37. The molecule has 0 amide bonds. The highest BCUT2D eigenvalue weighted by molar-refractivity contribution is 7.96. The fourth-order valence-corrected chi connectivity index (χ4v) is 3.57. The highest BCUT2D eigenvalue weighted by Gasteiger charge is 2.45. The van der Waals surface area contributed by atoms with Crippen molar-refractivity contribution in [1.82, 2.24) is 0 Å². The first kappa shape index (κ1) is 13.7. The lowest BCUT2D eigenvalue weighted by molar-refractivity contribution is 0.119. The van der Waals surface area contributed by atoms with Crippen LogP contribution in [-0.2, 0) is 14.3 Å². The lowest BCUT2D eigenvalue weighted by atomic mass is 10.0. The van der Waals surface area contributed by atoms with Gasteiger partial charge >= 0.3 is 10.1 Å². The van der Waals surface area contributed by atoms with Crippen molar-refractivity contribution in [2.24, 2.45) is 0 Å². The van der Waals surface area contributed by atoms with Gasteiger partial charge in [0.2, 0.25) is 0 Å². The number of aliphatic hydroxyl groups is 1. The second-order valence-electron chi connectivity index (χ2n) is 4.35. The molecule has 1 N–H and O–H groups in total. The molecule has 98 valence electrons. The summed E-state index contributed by atoms with van der Waals surface area (Å²) in [6.45, 7) is 2.93. The maximum atomic E-state index is 11.9. The fourth-order valence-electron chi connectivity index (χ4n) is 1.67. The van der Waals surface area contributed by atoms with Crippen LogP contribution in [0.15, 0.2) is 24.0 Å². The van der Waals surface area contributed by atoms with Crippen molar-refractivity contribution in [3.05, 3.63) is 39.6 Å². The van der Waals surface area contributed by atoms with Crippen molar-refractivity contribution in [1.29, 1.82) is 0 Å². The molecular formula is C11H10Cl2O4S. The maximum Gasteiger partial charge on any atom is 0.302 e. The van der Waals surface area contributed by atoms with Crippen LogP contribution in [0.3, 0.4) is 0 Å². The van der Waals surface area contributed by atoms with Crippen LogP contribution in [-0.4, -0.2) is 19.1 Å². The summed E-state index contributed by atoms with van der Waals surface area (Å²) in [5.41, 5.74) is -1.03. The van der Waals surface area contributed by atoms with Crippen molar-refractivity contribution in [2.75, 3.05) is 0 Å². The van der Waals surface area contributed by atoms with E-state index >= 15 is 0 Å². The predicted octanol–water partition coefficient (Wildman–Crippen LogP) is 3.36. The smallest absolute Gasteiger partial charge is 0.302 e. The molecule has 0 saturated heterocycles. The molecule has 0 unspecified atom stereocenters. The molecule has 0 bridgehead atoms. The number of aliphatic hydroxyl groups excluding tert-OH is 1. The first-order valence-electron chi connectivity index (χ1n) is 5.00. The largest absolute Gasteiger partial charge is 0.508 e. The molecule has 0 radical (unpaired) electrons. The third-order valence-electron chi connectivity index (χ3n) is 2.54. The minimum Gasteiger partial charge on any atom is -0.508 e. The van der Waals surface area contributed by atoms with Crippen molar-refractivity contribution in [3.8, 4) is 0 Å². The summed E-state index contributed by atoms with van der Waals surface area (Å²) in [6, 6.07) is 4.29. The molecule has 7 heteroatoms. The van der Waals surface area contributed by atoms with Crippen LogP contribution < -0.4 is 0 Å². The van der Waals surface area contributed by atoms with E-state index in [1.165, 1.54) is 32.0 Å². The van der Waals surface area contributed by atoms with E-state index < -0.39 is 15.7 Å². The van der Waals surface area contributed by atoms with Gasteiger partial charge in [-0.1, -0.05) is 29.3 Å². The summed E-state index contributed by atoms with van der Waals surface area (Å²) in [5.74, 6) is -0.346. The topological polar surface area (TPSA) is 63.6 Å². The Morgan fingerprint density at radius 1 is 1.22 bits per heavy atom. The SMILES string of the molecule is CC1(C)OS(=O)(=O)C(c2ccc(Cl)c(Cl)c2)=C1O. The Hall–Kier alpha value is -0.750. The second kappa shape index (κ2) is 4.13. The number of halogens is 2. The number of benzene rings is 1. The quantitative estimate of drug-likeness (QED) is 0.808. The molecule has 1 aliphatic heterocycles. The van der Waals surface area contributed by atoms with E-state index in [1.54, 1.807) is 0 Å². The van der Waals surface area contributed by atoms with E-state index in [0.29, 0.717) is 5.02 Å². The van der Waals surface area contributed by atoms with Gasteiger partial charge in [0.05, 0.1) is 10.0 Å². The summed E-state index contributed by atoms with van der Waals surface area (Å²) < 4.78 is 28.6. The van der Waals surface area contributed by atoms with Crippen LogP contribution in [0.25, 0.3) is 4.91 Å². The highest BCUT2D eigenvalue weighted by atomic mass is 35.5. The van der Waals surface area contributed by atoms with Gasteiger partial charge in [-0.2, -0.15) is 8.42 Å². The molecule has 2 rings (SSSR count). The first-order valence-corrected chi connectivity index (χ1v) is 7.16. The Labute approximate surface area is 115 Å². The van der Waals surface area contributed by atoms with Gasteiger partial charge in [0, 0.05) is 5.56 Å². The third kappa shape index (κ3) is 2.12. The second-order valence-corrected chi connectivity index (χ2v) is 6.65. The van der Waals surface area contributed by atoms with Crippen LogP contribution in [0.2, 0.25) is 10.0 Å². The lowest BCUT2D eigenvalue weighted by Crippen LogP contribution is -2.22. The first-order chi connectivity index (χ1) is 8.15. The molecule has 18 heavy (non-hydrogen) atoms. The van der Waals surface area contributed by atoms with Crippen molar-refractivity contribution >= 4 is 38.2 Å². The van der Waals surface area contributed by atoms with Gasteiger partial charge in [-0.25, -0.2) is 0 Å². The molecule has 1 aliphatic rings. The molecular weight excluding hydrogens is 299 g/mol. The Kier molecular flexibility index (Phi) is 3.14. The van der Waals surface area contributed by atoms with E-state index in [-0.39, 0.29) is 21.3 Å². The average molecular weight is 309 g/mol. The van der Waals surface area contributed by atoms with Gasteiger partial charge in [0.25, 0.3) is 0 Å². The Morgan fingerprint density at radius 2 is 1.83 bits per heavy atom. The van der Waals surface area contributed by atoms with Gasteiger partial charge < -0.3 is 5.11 Å². The van der Waals surface area contributed by atoms with Crippen LogP contribution in [0.4, 0.5) is 0 Å². The van der Waals surface area contributed by atoms with Gasteiger partial charge in [-0.15, -0.1) is 0 Å². The molecule has 4 nitrogen and oxygen atoms in total. The van der Waals surface area contributed by atoms with Crippen LogP contribution in [0.1, 0.15) is 19.4 Å². The lowest BCUT2D eigenvalue weighted by Gasteiger charge is -2.14. The van der Waals surface area contributed by atoms with E-state index in [4.69, 9.17) is 27.4 Å². The molecule has 1 aromatic rings. The van der Waals surface area contributed by atoms with Crippen molar-refractivity contribution in [3.63, 3.8) is 0 Å². The maximum absolute atomic E-state index is 11.9. The Balaban J connectivity index is 2.69. The molecule has 0 fully saturated rings. The molecule has 0 aromatic heterocycles. The summed E-state index contributed by atoms with van der Waals surface area (Å²) in [6.07, 6.45) is 0. The van der Waals surface area contributed by atoms with Crippen molar-refractivity contribution in [2.45, 2.75) is 19.4 Å². The van der Waals surface area contributed by atoms with Crippen LogP contribution in [0.5, 0.6) is 0 Å². The van der Waals surface area contributed by atoms with Crippen molar-refractivity contribution < 1.29 is 17.7 Å². The number of rotatable bonds is 1. The Bertz CT molecular complexity index is 647. The zero-order chi connectivity index (χ0) is 13.7. The van der Waals surface area contributed by atoms with Crippen LogP contribution in [0, 0.1) is 0 Å². The van der Waals surface area contributed by atoms with Gasteiger partial charge in [0.1, 0.15) is 16.3 Å². The number of hydrogen-bond acceptors (Lipinski definition) is 4. The molecule has 0 spiro atoms. The monoisotopic (exact) mass is 308 g/mol. The van der Waals surface area contributed by atoms with E-state index in [1.807, 2.05) is 0 Å². The molecule has 0 saturated carbocycles. The van der Waals surface area contributed by atoms with Gasteiger partial charge in [0.15, 0.2) is 0 Å². The summed E-state index contributed by atoms with van der Waals surface area (Å²) in [4.78, 5) is -0.272. The van der Waals surface area contributed by atoms with Gasteiger partial charge in [-0.05, 0) is 26.0 Å². The Morgan fingerprint density at radius 3 is 2.28 bits per heavy atom.